The van der Waals surface area contributed by atoms with Gasteiger partial charge in [0.25, 0.3) is 0 Å². The van der Waals surface area contributed by atoms with Gasteiger partial charge in [-0.3, -0.25) is 4.79 Å². The van der Waals surface area contributed by atoms with E-state index in [0.29, 0.717) is 13.0 Å². The molecule has 0 unspecified atom stereocenters. The Hall–Kier alpha value is -3.03. The van der Waals surface area contributed by atoms with Crippen LogP contribution in [0.1, 0.15) is 33.6 Å². The Morgan fingerprint density at radius 2 is 1.84 bits per heavy atom. The molecule has 0 aromatic rings. The van der Waals surface area contributed by atoms with Gasteiger partial charge < -0.3 is 36.5 Å². The number of guanidine groups is 1. The minimum atomic E-state index is -5.08. The maximum atomic E-state index is 11.6. The highest BCUT2D eigenvalue weighted by Crippen LogP contribution is 2.26. The molecule has 1 rings (SSSR count). The van der Waals surface area contributed by atoms with Crippen LogP contribution in [-0.4, -0.2) is 71.1 Å². The lowest BCUT2D eigenvalue weighted by molar-refractivity contribution is -0.192. The maximum Gasteiger partial charge on any atom is 0.490 e. The number of aliphatic carboxylic acids is 2. The first-order valence-corrected chi connectivity index (χ1v) is 9.13. The predicted octanol–water partition coefficient (Wildman–Crippen LogP) is 0.339. The monoisotopic (exact) mass is 456 g/mol. The van der Waals surface area contributed by atoms with Crippen LogP contribution in [0, 0.1) is 0 Å². The summed E-state index contributed by atoms with van der Waals surface area (Å²) >= 11 is 0. The van der Waals surface area contributed by atoms with Crippen molar-refractivity contribution in [2.75, 3.05) is 6.61 Å². The van der Waals surface area contributed by atoms with E-state index in [2.05, 4.69) is 10.3 Å². The lowest BCUT2D eigenvalue weighted by Crippen LogP contribution is -2.57. The molecular formula is C17H27F3N4O7. The van der Waals surface area contributed by atoms with Crippen molar-refractivity contribution in [3.63, 3.8) is 0 Å². The first kappa shape index (κ1) is 28.0. The molecular weight excluding hydrogens is 429 g/mol. The summed E-state index contributed by atoms with van der Waals surface area (Å²) in [6.45, 7) is 5.70. The first-order chi connectivity index (χ1) is 14.2. The van der Waals surface area contributed by atoms with E-state index >= 15 is 0 Å². The lowest BCUT2D eigenvalue weighted by Gasteiger charge is -2.38. The number of amides is 1. The summed E-state index contributed by atoms with van der Waals surface area (Å²) in [7, 11) is 0. The average Bonchev–Trinajstić information content (AvgIpc) is 2.63. The molecule has 11 nitrogen and oxygen atoms in total. The number of hydrogen-bond donors (Lipinski definition) is 5. The standard InChI is InChI=1S/C15H26N4O5.C2HF3O2/c1-4-6-23-10(5-2)13-12(18-8(3)20)9(19-15(16)17)7-11(24-13)14(21)22;3-2(4,5)1(6)7/h7,9-10,12-13H,4-6H2,1-3H3,(H,18,20)(H,21,22)(H4,16,17,19);(H,6,7)/t9-,10+,12+,13-;/m0./s1. The Morgan fingerprint density at radius 3 is 2.19 bits per heavy atom. The lowest BCUT2D eigenvalue weighted by atomic mass is 9.93. The molecule has 0 saturated carbocycles. The second-order valence-electron chi connectivity index (χ2n) is 6.31. The number of carbonyl (C=O) groups is 3. The normalized spacial score (nSPS) is 21.4. The number of carboxylic acids is 2. The van der Waals surface area contributed by atoms with Gasteiger partial charge in [0.1, 0.15) is 6.10 Å². The zero-order valence-corrected chi connectivity index (χ0v) is 17.2. The zero-order chi connectivity index (χ0) is 24.4. The van der Waals surface area contributed by atoms with Crippen molar-refractivity contribution in [3.05, 3.63) is 11.8 Å². The van der Waals surface area contributed by atoms with Crippen molar-refractivity contribution < 1.29 is 47.2 Å². The molecule has 0 aromatic heterocycles. The van der Waals surface area contributed by atoms with Gasteiger partial charge in [-0.2, -0.15) is 13.2 Å². The van der Waals surface area contributed by atoms with Gasteiger partial charge in [-0.05, 0) is 18.9 Å². The number of rotatable bonds is 8. The van der Waals surface area contributed by atoms with E-state index in [0.717, 1.165) is 6.42 Å². The number of carbonyl (C=O) groups excluding carboxylic acids is 1. The van der Waals surface area contributed by atoms with Gasteiger partial charge in [-0.25, -0.2) is 14.6 Å². The molecule has 1 aliphatic heterocycles. The number of halogens is 3. The fourth-order valence-corrected chi connectivity index (χ4v) is 2.55. The van der Waals surface area contributed by atoms with Gasteiger partial charge in [0, 0.05) is 13.5 Å². The molecule has 0 radical (unpaired) electrons. The van der Waals surface area contributed by atoms with Crippen LogP contribution in [0.4, 0.5) is 13.2 Å². The fourth-order valence-electron chi connectivity index (χ4n) is 2.55. The molecule has 7 N–H and O–H groups in total. The van der Waals surface area contributed by atoms with Crippen LogP contribution in [0.3, 0.4) is 0 Å². The third-order valence-corrected chi connectivity index (χ3v) is 3.73. The van der Waals surface area contributed by atoms with Crippen LogP contribution in [0.25, 0.3) is 0 Å². The highest BCUT2D eigenvalue weighted by Gasteiger charge is 2.42. The van der Waals surface area contributed by atoms with Crippen molar-refractivity contribution in [1.29, 1.82) is 0 Å². The van der Waals surface area contributed by atoms with E-state index in [4.69, 9.17) is 30.8 Å². The highest BCUT2D eigenvalue weighted by molar-refractivity contribution is 5.85. The topological polar surface area (TPSA) is 187 Å². The number of nitrogens with zero attached hydrogens (tertiary/aromatic N) is 1. The molecule has 14 heteroatoms. The molecule has 0 bridgehead atoms. The minimum absolute atomic E-state index is 0.209. The van der Waals surface area contributed by atoms with Gasteiger partial charge in [0.05, 0.1) is 18.2 Å². The molecule has 1 heterocycles. The van der Waals surface area contributed by atoms with Crippen molar-refractivity contribution in [2.24, 2.45) is 16.5 Å². The third kappa shape index (κ3) is 10.0. The van der Waals surface area contributed by atoms with Crippen molar-refractivity contribution in [1.82, 2.24) is 5.32 Å². The minimum Gasteiger partial charge on any atom is -0.478 e. The fraction of sp³-hybridized carbons (Fsp3) is 0.647. The molecule has 1 amide bonds. The number of alkyl halides is 3. The highest BCUT2D eigenvalue weighted by atomic mass is 19.4. The maximum absolute atomic E-state index is 11.6. The quantitative estimate of drug-likeness (QED) is 0.253. The number of nitrogens with two attached hydrogens (primary N) is 2. The van der Waals surface area contributed by atoms with E-state index in [1.165, 1.54) is 13.0 Å². The summed E-state index contributed by atoms with van der Waals surface area (Å²) < 4.78 is 43.1. The number of carboxylic acid groups (broad SMARTS) is 2. The Bertz CT molecular complexity index is 694. The largest absolute Gasteiger partial charge is 0.490 e. The summed E-state index contributed by atoms with van der Waals surface area (Å²) in [5.41, 5.74) is 10.9. The van der Waals surface area contributed by atoms with Gasteiger partial charge in [0.2, 0.25) is 11.7 Å². The molecule has 0 spiro atoms. The summed E-state index contributed by atoms with van der Waals surface area (Å²) in [6, 6.07) is -1.41. The molecule has 178 valence electrons. The predicted molar refractivity (Wildman–Crippen MR) is 102 cm³/mol. The third-order valence-electron chi connectivity index (χ3n) is 3.73. The van der Waals surface area contributed by atoms with Crippen LogP contribution in [0.15, 0.2) is 16.8 Å². The van der Waals surface area contributed by atoms with Crippen molar-refractivity contribution in [3.8, 4) is 0 Å². The molecule has 0 aromatic carbocycles. The van der Waals surface area contributed by atoms with Gasteiger partial charge in [0.15, 0.2) is 5.96 Å². The number of aliphatic imine (C=N–C) groups is 1. The van der Waals surface area contributed by atoms with Crippen molar-refractivity contribution in [2.45, 2.75) is 64.1 Å². The van der Waals surface area contributed by atoms with Gasteiger partial charge >= 0.3 is 18.1 Å². The SMILES string of the molecule is CCCO[C@H](CC)[C@@H]1OC(C(=O)O)=C[C@H](N=C(N)N)[C@H]1NC(C)=O.O=C(O)C(F)(F)F. The number of nitrogens with one attached hydrogen (secondary N) is 1. The molecule has 0 fully saturated rings. The summed E-state index contributed by atoms with van der Waals surface area (Å²) in [4.78, 5) is 35.9. The van der Waals surface area contributed by atoms with E-state index in [-0.39, 0.29) is 17.6 Å². The van der Waals surface area contributed by atoms with Crippen LogP contribution in [0.2, 0.25) is 0 Å². The summed E-state index contributed by atoms with van der Waals surface area (Å²) in [5.74, 6) is -4.77. The number of ether oxygens (including phenoxy) is 2. The van der Waals surface area contributed by atoms with E-state index in [1.54, 1.807) is 0 Å². The Morgan fingerprint density at radius 1 is 1.29 bits per heavy atom. The molecule has 31 heavy (non-hydrogen) atoms. The van der Waals surface area contributed by atoms with Crippen LogP contribution >= 0.6 is 0 Å². The Kier molecular flexibility index (Phi) is 11.4. The second kappa shape index (κ2) is 12.6. The van der Waals surface area contributed by atoms with Crippen LogP contribution < -0.4 is 16.8 Å². The number of hydrogen-bond acceptors (Lipinski definition) is 6. The summed E-state index contributed by atoms with van der Waals surface area (Å²) in [6.07, 6.45) is -3.57. The first-order valence-electron chi connectivity index (χ1n) is 9.13. The Balaban J connectivity index is 0.00000110. The molecule has 4 atom stereocenters. The zero-order valence-electron chi connectivity index (χ0n) is 17.2. The van der Waals surface area contributed by atoms with Crippen molar-refractivity contribution >= 4 is 23.8 Å². The van der Waals surface area contributed by atoms with E-state index in [9.17, 15) is 27.9 Å². The Labute approximate surface area is 176 Å². The van der Waals surface area contributed by atoms with Gasteiger partial charge in [-0.15, -0.1) is 0 Å². The van der Waals surface area contributed by atoms with E-state index < -0.39 is 42.4 Å². The van der Waals surface area contributed by atoms with Crippen LogP contribution in [-0.2, 0) is 23.9 Å². The smallest absolute Gasteiger partial charge is 0.478 e. The molecule has 1 aliphatic rings. The average molecular weight is 456 g/mol. The molecule has 0 aliphatic carbocycles. The van der Waals surface area contributed by atoms with Crippen LogP contribution in [0.5, 0.6) is 0 Å². The second-order valence-corrected chi connectivity index (χ2v) is 6.31. The van der Waals surface area contributed by atoms with E-state index in [1.807, 2.05) is 13.8 Å². The van der Waals surface area contributed by atoms with Gasteiger partial charge in [-0.1, -0.05) is 13.8 Å². The summed E-state index contributed by atoms with van der Waals surface area (Å²) in [5, 5.41) is 19.1. The molecule has 0 saturated heterocycles.